The molecule has 0 atom stereocenters. The Bertz CT molecular complexity index is 746. The van der Waals surface area contributed by atoms with Crippen molar-refractivity contribution in [3.8, 4) is 11.5 Å². The van der Waals surface area contributed by atoms with Crippen LogP contribution in [-0.2, 0) is 12.8 Å². The Hall–Kier alpha value is -2.13. The largest absolute Gasteiger partial charge is 0.436 e. The van der Waals surface area contributed by atoms with Gasteiger partial charge in [0.25, 0.3) is 0 Å². The summed E-state index contributed by atoms with van der Waals surface area (Å²) in [4.78, 5) is 4.67. The summed E-state index contributed by atoms with van der Waals surface area (Å²) in [6.45, 7) is 3.09. The Morgan fingerprint density at radius 3 is 2.81 bits per heavy atom. The number of likely N-dealkylation sites (N-methyl/N-ethyl adjacent to an activating group) is 1. The molecule has 3 nitrogen and oxygen atoms in total. The quantitative estimate of drug-likeness (QED) is 0.772. The second-order valence-electron chi connectivity index (χ2n) is 5.19. The molecule has 21 heavy (non-hydrogen) atoms. The van der Waals surface area contributed by atoms with Gasteiger partial charge in [0.2, 0.25) is 5.89 Å². The normalized spacial score (nSPS) is 11.1. The Kier molecular flexibility index (Phi) is 4.02. The molecule has 3 rings (SSSR count). The van der Waals surface area contributed by atoms with Crippen LogP contribution in [-0.4, -0.2) is 18.6 Å². The molecule has 0 radical (unpaired) electrons. The van der Waals surface area contributed by atoms with Gasteiger partial charge < -0.3 is 9.73 Å². The van der Waals surface area contributed by atoms with Crippen LogP contribution in [0.1, 0.15) is 18.1 Å². The van der Waals surface area contributed by atoms with E-state index in [1.54, 1.807) is 0 Å². The van der Waals surface area contributed by atoms with Crippen LogP contribution < -0.4 is 5.32 Å². The van der Waals surface area contributed by atoms with E-state index in [2.05, 4.69) is 47.6 Å². The topological polar surface area (TPSA) is 38.1 Å². The Labute approximate surface area is 125 Å². The van der Waals surface area contributed by atoms with Gasteiger partial charge in [0, 0.05) is 5.56 Å². The first-order valence-corrected chi connectivity index (χ1v) is 7.44. The van der Waals surface area contributed by atoms with E-state index in [4.69, 9.17) is 4.42 Å². The van der Waals surface area contributed by atoms with E-state index in [0.717, 1.165) is 36.0 Å². The van der Waals surface area contributed by atoms with E-state index in [0.29, 0.717) is 5.89 Å². The fraction of sp³-hybridized carbons (Fsp3) is 0.278. The summed E-state index contributed by atoms with van der Waals surface area (Å²) >= 11 is 0. The third kappa shape index (κ3) is 2.83. The van der Waals surface area contributed by atoms with Crippen molar-refractivity contribution in [2.24, 2.45) is 0 Å². The molecule has 0 bridgehead atoms. The predicted octanol–water partition coefficient (Wildman–Crippen LogP) is 3.82. The van der Waals surface area contributed by atoms with E-state index in [-0.39, 0.29) is 0 Å². The van der Waals surface area contributed by atoms with Crippen LogP contribution in [0.25, 0.3) is 22.6 Å². The van der Waals surface area contributed by atoms with Gasteiger partial charge >= 0.3 is 0 Å². The molecule has 0 aliphatic carbocycles. The van der Waals surface area contributed by atoms with Crippen molar-refractivity contribution >= 4 is 11.1 Å². The van der Waals surface area contributed by atoms with Gasteiger partial charge in [-0.1, -0.05) is 31.2 Å². The molecule has 0 saturated carbocycles. The molecule has 1 heterocycles. The van der Waals surface area contributed by atoms with Crippen LogP contribution in [0.3, 0.4) is 0 Å². The number of hydrogen-bond acceptors (Lipinski definition) is 3. The molecular weight excluding hydrogens is 260 g/mol. The molecule has 2 aromatic carbocycles. The van der Waals surface area contributed by atoms with Crippen LogP contribution >= 0.6 is 0 Å². The van der Waals surface area contributed by atoms with Crippen molar-refractivity contribution in [1.29, 1.82) is 0 Å². The van der Waals surface area contributed by atoms with E-state index in [1.807, 2.05) is 19.2 Å². The average molecular weight is 280 g/mol. The molecule has 0 unspecified atom stereocenters. The third-order valence-corrected chi connectivity index (χ3v) is 3.75. The molecule has 0 amide bonds. The molecule has 3 aromatic rings. The minimum atomic E-state index is 0.713. The summed E-state index contributed by atoms with van der Waals surface area (Å²) in [6, 6.07) is 14.5. The highest BCUT2D eigenvalue weighted by Gasteiger charge is 2.12. The van der Waals surface area contributed by atoms with Gasteiger partial charge in [-0.05, 0) is 55.8 Å². The SMILES string of the molecule is CCc1ccc2oc(-c3ccccc3CCNC)nc2c1. The number of benzene rings is 2. The first-order chi connectivity index (χ1) is 10.3. The van der Waals surface area contributed by atoms with Crippen LogP contribution in [0.4, 0.5) is 0 Å². The fourth-order valence-corrected chi connectivity index (χ4v) is 2.51. The molecular formula is C18H20N2O. The first kappa shape index (κ1) is 13.8. The van der Waals surface area contributed by atoms with Gasteiger partial charge in [-0.15, -0.1) is 0 Å². The van der Waals surface area contributed by atoms with Gasteiger partial charge in [0.15, 0.2) is 5.58 Å². The summed E-state index contributed by atoms with van der Waals surface area (Å²) in [5.41, 5.74) is 5.42. The summed E-state index contributed by atoms with van der Waals surface area (Å²) in [5, 5.41) is 3.19. The van der Waals surface area contributed by atoms with Crippen LogP contribution in [0.15, 0.2) is 46.9 Å². The molecule has 0 aliphatic rings. The minimum Gasteiger partial charge on any atom is -0.436 e. The molecule has 0 aliphatic heterocycles. The number of nitrogens with zero attached hydrogens (tertiary/aromatic N) is 1. The lowest BCUT2D eigenvalue weighted by Gasteiger charge is -2.05. The fourth-order valence-electron chi connectivity index (χ4n) is 2.51. The minimum absolute atomic E-state index is 0.713. The Morgan fingerprint density at radius 1 is 1.14 bits per heavy atom. The predicted molar refractivity (Wildman–Crippen MR) is 86.5 cm³/mol. The van der Waals surface area contributed by atoms with Gasteiger partial charge in [-0.3, -0.25) is 0 Å². The van der Waals surface area contributed by atoms with Crippen molar-refractivity contribution < 1.29 is 4.42 Å². The van der Waals surface area contributed by atoms with Crippen molar-refractivity contribution in [3.63, 3.8) is 0 Å². The summed E-state index contributed by atoms with van der Waals surface area (Å²) in [5.74, 6) is 0.713. The lowest BCUT2D eigenvalue weighted by atomic mass is 10.0. The van der Waals surface area contributed by atoms with Crippen molar-refractivity contribution in [2.75, 3.05) is 13.6 Å². The third-order valence-electron chi connectivity index (χ3n) is 3.75. The standard InChI is InChI=1S/C18H20N2O/c1-3-13-8-9-17-16(12-13)20-18(21-17)15-7-5-4-6-14(15)10-11-19-2/h4-9,12,19H,3,10-11H2,1-2H3. The van der Waals surface area contributed by atoms with Gasteiger partial charge in [-0.2, -0.15) is 0 Å². The maximum atomic E-state index is 5.94. The number of hydrogen-bond donors (Lipinski definition) is 1. The maximum absolute atomic E-state index is 5.94. The van der Waals surface area contributed by atoms with Crippen LogP contribution in [0.2, 0.25) is 0 Å². The van der Waals surface area contributed by atoms with E-state index >= 15 is 0 Å². The number of oxazole rings is 1. The second kappa shape index (κ2) is 6.10. The van der Waals surface area contributed by atoms with Crippen molar-refractivity contribution in [2.45, 2.75) is 19.8 Å². The van der Waals surface area contributed by atoms with E-state index in [1.165, 1.54) is 11.1 Å². The van der Waals surface area contributed by atoms with Crippen LogP contribution in [0.5, 0.6) is 0 Å². The molecule has 108 valence electrons. The maximum Gasteiger partial charge on any atom is 0.227 e. The lowest BCUT2D eigenvalue weighted by Crippen LogP contribution is -2.10. The van der Waals surface area contributed by atoms with E-state index < -0.39 is 0 Å². The highest BCUT2D eigenvalue weighted by molar-refractivity contribution is 5.77. The first-order valence-electron chi connectivity index (χ1n) is 7.44. The molecule has 1 aromatic heterocycles. The zero-order chi connectivity index (χ0) is 14.7. The van der Waals surface area contributed by atoms with Gasteiger partial charge in [0.1, 0.15) is 5.52 Å². The summed E-state index contributed by atoms with van der Waals surface area (Å²) in [7, 11) is 1.97. The monoisotopic (exact) mass is 280 g/mol. The van der Waals surface area contributed by atoms with E-state index in [9.17, 15) is 0 Å². The molecule has 1 N–H and O–H groups in total. The highest BCUT2D eigenvalue weighted by Crippen LogP contribution is 2.27. The van der Waals surface area contributed by atoms with Crippen molar-refractivity contribution in [1.82, 2.24) is 10.3 Å². The molecule has 3 heteroatoms. The average Bonchev–Trinajstić information content (AvgIpc) is 2.95. The number of rotatable bonds is 5. The molecule has 0 saturated heterocycles. The van der Waals surface area contributed by atoms with Gasteiger partial charge in [-0.25, -0.2) is 4.98 Å². The Balaban J connectivity index is 2.03. The van der Waals surface area contributed by atoms with Gasteiger partial charge in [0.05, 0.1) is 0 Å². The summed E-state index contributed by atoms with van der Waals surface area (Å²) < 4.78 is 5.94. The zero-order valence-corrected chi connectivity index (χ0v) is 12.5. The summed E-state index contributed by atoms with van der Waals surface area (Å²) in [6.07, 6.45) is 1.97. The second-order valence-corrected chi connectivity index (χ2v) is 5.19. The number of aromatic nitrogens is 1. The number of aryl methyl sites for hydroxylation is 1. The van der Waals surface area contributed by atoms with Crippen LogP contribution in [0, 0.1) is 0 Å². The Morgan fingerprint density at radius 2 is 2.00 bits per heavy atom. The highest BCUT2D eigenvalue weighted by atomic mass is 16.3. The molecule has 0 spiro atoms. The molecule has 0 fully saturated rings. The van der Waals surface area contributed by atoms with Crippen molar-refractivity contribution in [3.05, 3.63) is 53.6 Å². The number of nitrogens with one attached hydrogen (secondary N) is 1. The lowest BCUT2D eigenvalue weighted by molar-refractivity contribution is 0.618. The zero-order valence-electron chi connectivity index (χ0n) is 12.5. The smallest absolute Gasteiger partial charge is 0.227 e. The number of fused-ring (bicyclic) bond motifs is 1.